The van der Waals surface area contributed by atoms with Gasteiger partial charge in [-0.25, -0.2) is 9.97 Å². The molecule has 0 saturated carbocycles. The lowest BCUT2D eigenvalue weighted by atomic mass is 10.1. The number of halogens is 3. The Bertz CT molecular complexity index is 540. The van der Waals surface area contributed by atoms with Crippen molar-refractivity contribution in [1.29, 1.82) is 5.26 Å². The summed E-state index contributed by atoms with van der Waals surface area (Å²) in [6.45, 7) is 2.89. The molecule has 0 amide bonds. The number of nitrogens with zero attached hydrogens (tertiary/aromatic N) is 5. The van der Waals surface area contributed by atoms with E-state index in [0.717, 1.165) is 6.42 Å². The van der Waals surface area contributed by atoms with Crippen LogP contribution in [0, 0.1) is 17.2 Å². The molecule has 5 nitrogen and oxygen atoms in total. The van der Waals surface area contributed by atoms with Crippen molar-refractivity contribution in [2.24, 2.45) is 5.92 Å². The van der Waals surface area contributed by atoms with Gasteiger partial charge in [-0.1, -0.05) is 6.92 Å². The van der Waals surface area contributed by atoms with Gasteiger partial charge < -0.3 is 4.90 Å². The molecule has 8 heteroatoms. The molecule has 0 N–H and O–H groups in total. The first kappa shape index (κ1) is 16.5. The molecule has 1 aromatic heterocycles. The Kier molecular flexibility index (Phi) is 5.19. The summed E-state index contributed by atoms with van der Waals surface area (Å²) in [5.41, 5.74) is 0.255. The van der Waals surface area contributed by atoms with Gasteiger partial charge in [0.25, 0.3) is 0 Å². The third-order valence-electron chi connectivity index (χ3n) is 3.74. The normalized spacial score (nSPS) is 18.7. The summed E-state index contributed by atoms with van der Waals surface area (Å²) in [5.74, 6) is 0.655. The van der Waals surface area contributed by atoms with Gasteiger partial charge in [-0.2, -0.15) is 18.4 Å². The second-order valence-corrected chi connectivity index (χ2v) is 5.38. The lowest BCUT2D eigenvalue weighted by Crippen LogP contribution is -2.38. The molecule has 2 heterocycles. The van der Waals surface area contributed by atoms with E-state index in [1.54, 1.807) is 6.92 Å². The SMILES string of the molecule is CCN(C[C@H]1CCN(c2nccnc2C#N)C1)CC(F)(F)F. The van der Waals surface area contributed by atoms with Crippen LogP contribution in [0.4, 0.5) is 19.0 Å². The zero-order chi connectivity index (χ0) is 16.2. The molecule has 1 saturated heterocycles. The van der Waals surface area contributed by atoms with Gasteiger partial charge in [0.1, 0.15) is 6.07 Å². The van der Waals surface area contributed by atoms with Crippen molar-refractivity contribution in [3.05, 3.63) is 18.1 Å². The molecule has 0 radical (unpaired) electrons. The van der Waals surface area contributed by atoms with Crippen molar-refractivity contribution in [3.8, 4) is 6.07 Å². The number of aromatic nitrogens is 2. The summed E-state index contributed by atoms with van der Waals surface area (Å²) in [6.07, 6.45) is -0.410. The first-order valence-corrected chi connectivity index (χ1v) is 7.18. The Morgan fingerprint density at radius 2 is 2.14 bits per heavy atom. The second-order valence-electron chi connectivity index (χ2n) is 5.38. The highest BCUT2D eigenvalue weighted by Crippen LogP contribution is 2.25. The van der Waals surface area contributed by atoms with Crippen LogP contribution in [0.25, 0.3) is 0 Å². The summed E-state index contributed by atoms with van der Waals surface area (Å²) in [7, 11) is 0. The van der Waals surface area contributed by atoms with E-state index >= 15 is 0 Å². The first-order chi connectivity index (χ1) is 10.4. The molecule has 120 valence electrons. The van der Waals surface area contributed by atoms with Crippen LogP contribution in [0.2, 0.25) is 0 Å². The second kappa shape index (κ2) is 6.92. The summed E-state index contributed by atoms with van der Waals surface area (Å²) in [5, 5.41) is 9.04. The molecule has 0 unspecified atom stereocenters. The monoisotopic (exact) mass is 313 g/mol. The minimum absolute atomic E-state index is 0.135. The van der Waals surface area contributed by atoms with Gasteiger partial charge in [-0.15, -0.1) is 0 Å². The molecule has 0 aromatic carbocycles. The van der Waals surface area contributed by atoms with Crippen molar-refractivity contribution < 1.29 is 13.2 Å². The highest BCUT2D eigenvalue weighted by atomic mass is 19.4. The quantitative estimate of drug-likeness (QED) is 0.833. The van der Waals surface area contributed by atoms with E-state index in [-0.39, 0.29) is 11.6 Å². The van der Waals surface area contributed by atoms with E-state index in [4.69, 9.17) is 5.26 Å². The van der Waals surface area contributed by atoms with Gasteiger partial charge in [-0.05, 0) is 18.9 Å². The van der Waals surface area contributed by atoms with Crippen LogP contribution in [-0.4, -0.2) is 53.8 Å². The fourth-order valence-corrected chi connectivity index (χ4v) is 2.74. The van der Waals surface area contributed by atoms with E-state index < -0.39 is 12.7 Å². The van der Waals surface area contributed by atoms with E-state index in [9.17, 15) is 13.2 Å². The molecule has 1 fully saturated rings. The molecule has 1 aliphatic heterocycles. The Hall–Kier alpha value is -1.88. The van der Waals surface area contributed by atoms with Gasteiger partial charge in [0, 0.05) is 32.0 Å². The fraction of sp³-hybridized carbons (Fsp3) is 0.643. The largest absolute Gasteiger partial charge is 0.401 e. The zero-order valence-corrected chi connectivity index (χ0v) is 12.3. The standard InChI is InChI=1S/C14H18F3N5/c1-2-21(10-14(15,16)17)8-11-3-6-22(9-11)13-12(7-18)19-4-5-20-13/h4-5,11H,2-3,6,8-10H2,1H3/t11-/m1/s1. The van der Waals surface area contributed by atoms with Crippen molar-refractivity contribution in [2.45, 2.75) is 19.5 Å². The maximum atomic E-state index is 12.5. The van der Waals surface area contributed by atoms with Crippen LogP contribution in [0.5, 0.6) is 0 Å². The average Bonchev–Trinajstić information content (AvgIpc) is 2.93. The highest BCUT2D eigenvalue weighted by molar-refractivity contribution is 5.50. The molecule has 0 aliphatic carbocycles. The number of hydrogen-bond donors (Lipinski definition) is 0. The van der Waals surface area contributed by atoms with Crippen LogP contribution in [0.15, 0.2) is 12.4 Å². The van der Waals surface area contributed by atoms with Crippen molar-refractivity contribution in [1.82, 2.24) is 14.9 Å². The number of rotatable bonds is 5. The van der Waals surface area contributed by atoms with Gasteiger partial charge in [0.2, 0.25) is 0 Å². The van der Waals surface area contributed by atoms with Crippen LogP contribution >= 0.6 is 0 Å². The fourth-order valence-electron chi connectivity index (χ4n) is 2.74. The topological polar surface area (TPSA) is 56.1 Å². The maximum Gasteiger partial charge on any atom is 0.401 e. The number of nitriles is 1. The van der Waals surface area contributed by atoms with E-state index in [1.807, 2.05) is 11.0 Å². The van der Waals surface area contributed by atoms with Crippen molar-refractivity contribution in [2.75, 3.05) is 37.6 Å². The molecule has 2 rings (SSSR count). The molecular weight excluding hydrogens is 295 g/mol. The molecule has 22 heavy (non-hydrogen) atoms. The molecule has 0 bridgehead atoms. The molecule has 1 aliphatic rings. The van der Waals surface area contributed by atoms with Gasteiger partial charge in [-0.3, -0.25) is 4.90 Å². The molecule has 1 aromatic rings. The minimum atomic E-state index is -4.17. The molecule has 1 atom stereocenters. The number of hydrogen-bond acceptors (Lipinski definition) is 5. The van der Waals surface area contributed by atoms with Gasteiger partial charge in [0.05, 0.1) is 6.54 Å². The van der Waals surface area contributed by atoms with Crippen LogP contribution < -0.4 is 4.90 Å². The Morgan fingerprint density at radius 3 is 2.77 bits per heavy atom. The average molecular weight is 313 g/mol. The Labute approximate surface area is 127 Å². The lowest BCUT2D eigenvalue weighted by molar-refractivity contribution is -0.146. The van der Waals surface area contributed by atoms with Gasteiger partial charge in [0.15, 0.2) is 11.5 Å². The lowest BCUT2D eigenvalue weighted by Gasteiger charge is -2.25. The maximum absolute atomic E-state index is 12.5. The summed E-state index contributed by atoms with van der Waals surface area (Å²) in [4.78, 5) is 11.5. The van der Waals surface area contributed by atoms with E-state index in [0.29, 0.717) is 32.0 Å². The minimum Gasteiger partial charge on any atom is -0.354 e. The summed E-state index contributed by atoms with van der Waals surface area (Å²) in [6, 6.07) is 2.00. The number of alkyl halides is 3. The molecule has 0 spiro atoms. The van der Waals surface area contributed by atoms with E-state index in [1.165, 1.54) is 17.3 Å². The van der Waals surface area contributed by atoms with Crippen molar-refractivity contribution in [3.63, 3.8) is 0 Å². The molecular formula is C14H18F3N5. The number of anilines is 1. The Morgan fingerprint density at radius 1 is 1.41 bits per heavy atom. The van der Waals surface area contributed by atoms with Crippen LogP contribution in [-0.2, 0) is 0 Å². The zero-order valence-electron chi connectivity index (χ0n) is 12.3. The van der Waals surface area contributed by atoms with E-state index in [2.05, 4.69) is 9.97 Å². The third-order valence-corrected chi connectivity index (χ3v) is 3.74. The van der Waals surface area contributed by atoms with Gasteiger partial charge >= 0.3 is 6.18 Å². The first-order valence-electron chi connectivity index (χ1n) is 7.18. The summed E-state index contributed by atoms with van der Waals surface area (Å²) < 4.78 is 37.5. The van der Waals surface area contributed by atoms with Crippen LogP contribution in [0.3, 0.4) is 0 Å². The Balaban J connectivity index is 1.96. The highest BCUT2D eigenvalue weighted by Gasteiger charge is 2.33. The smallest absolute Gasteiger partial charge is 0.354 e. The predicted octanol–water partition coefficient (Wildman–Crippen LogP) is 2.06. The predicted molar refractivity (Wildman–Crippen MR) is 75.2 cm³/mol. The third kappa shape index (κ3) is 4.31. The van der Waals surface area contributed by atoms with Crippen molar-refractivity contribution >= 4 is 5.82 Å². The van der Waals surface area contributed by atoms with Crippen LogP contribution in [0.1, 0.15) is 19.0 Å². The summed E-state index contributed by atoms with van der Waals surface area (Å²) >= 11 is 0.